The molecular weight excluding hydrogens is 771 g/mol. The zero-order chi connectivity index (χ0) is 42.1. The number of carbonyl (C=O) groups excluding carboxylic acids is 2. The number of fused-ring (bicyclic) bond motifs is 1. The van der Waals surface area contributed by atoms with Crippen LogP contribution in [-0.2, 0) is 16.4 Å². The fourth-order valence-corrected chi connectivity index (χ4v) is 7.14. The molecule has 0 saturated carbocycles. The number of carbonyl (C=O) groups is 2. The third-order valence-corrected chi connectivity index (χ3v) is 10.4. The van der Waals surface area contributed by atoms with E-state index < -0.39 is 17.0 Å². The Morgan fingerprint density at radius 1 is 0.847 bits per heavy atom. The van der Waals surface area contributed by atoms with Crippen molar-refractivity contribution >= 4 is 62.4 Å². The van der Waals surface area contributed by atoms with Crippen LogP contribution < -0.4 is 40.2 Å². The van der Waals surface area contributed by atoms with Crippen molar-refractivity contribution in [3.05, 3.63) is 90.1 Å². The second-order valence-corrected chi connectivity index (χ2v) is 16.4. The van der Waals surface area contributed by atoms with Crippen LogP contribution in [0.15, 0.2) is 79.0 Å². The van der Waals surface area contributed by atoms with E-state index in [1.54, 1.807) is 42.6 Å². The summed E-state index contributed by atoms with van der Waals surface area (Å²) >= 11 is 0. The van der Waals surface area contributed by atoms with E-state index in [2.05, 4.69) is 73.6 Å². The maximum Gasteiger partial charge on any atom is 0.323 e. The van der Waals surface area contributed by atoms with Crippen molar-refractivity contribution < 1.29 is 28.0 Å². The molecule has 1 unspecified atom stereocenters. The molecule has 0 bridgehead atoms. The Balaban J connectivity index is 1.12. The van der Waals surface area contributed by atoms with Crippen LogP contribution in [0.5, 0.6) is 23.1 Å². The van der Waals surface area contributed by atoms with Gasteiger partial charge in [0.2, 0.25) is 11.8 Å². The minimum atomic E-state index is -1.37. The zero-order valence-electron chi connectivity index (χ0n) is 34.6. The summed E-state index contributed by atoms with van der Waals surface area (Å²) in [6.07, 6.45) is 3.98. The van der Waals surface area contributed by atoms with Crippen molar-refractivity contribution in [3.8, 4) is 23.1 Å². The number of hydrogen-bond donors (Lipinski definition) is 5. The monoisotopic (exact) mass is 823 g/mol. The molecule has 4 aromatic carbocycles. The fraction of sp³-hybridized carbons (Fsp3) is 0.349. The number of ether oxygens (including phenoxy) is 3. The number of nitrogens with one attached hydrogen (secondary N) is 5. The number of nitrogens with zero attached hydrogens (tertiary/aromatic N) is 4. The van der Waals surface area contributed by atoms with Crippen LogP contribution in [0.25, 0.3) is 10.8 Å². The average Bonchev–Trinajstić information content (AvgIpc) is 3.20. The summed E-state index contributed by atoms with van der Waals surface area (Å²) in [6.45, 7) is 11.9. The molecule has 16 heteroatoms. The number of anilines is 5. The summed E-state index contributed by atoms with van der Waals surface area (Å²) in [5.74, 6) is 1.66. The third kappa shape index (κ3) is 11.2. The summed E-state index contributed by atoms with van der Waals surface area (Å²) in [5, 5.41) is 13.5. The van der Waals surface area contributed by atoms with E-state index in [-0.39, 0.29) is 23.2 Å². The molecule has 0 radical (unpaired) electrons. The van der Waals surface area contributed by atoms with Crippen LogP contribution in [0.2, 0.25) is 0 Å². The topological polar surface area (TPSA) is 171 Å². The van der Waals surface area contributed by atoms with Crippen molar-refractivity contribution in [1.82, 2.24) is 25.1 Å². The van der Waals surface area contributed by atoms with Gasteiger partial charge >= 0.3 is 6.03 Å². The Labute approximate surface area is 347 Å². The first-order valence-corrected chi connectivity index (χ1v) is 20.9. The SMILES string of the molecule is COc1cc(Nc2nccc(Oc3ccc(NC(=O)Nc4cc(C(C)(C)C)cc(NS(C)=O)c4OC)c4ccccc34)n2)ccc1C(=O)NCCCN1CCN(C)CC1. The molecule has 1 atom stereocenters. The molecule has 1 aliphatic heterocycles. The van der Waals surface area contributed by atoms with Gasteiger partial charge in [-0.05, 0) is 67.4 Å². The van der Waals surface area contributed by atoms with E-state index in [0.717, 1.165) is 55.5 Å². The van der Waals surface area contributed by atoms with Gasteiger partial charge in [-0.2, -0.15) is 4.98 Å². The van der Waals surface area contributed by atoms with Gasteiger partial charge in [0.15, 0.2) is 5.75 Å². The number of methoxy groups -OCH3 is 2. The molecule has 59 heavy (non-hydrogen) atoms. The molecule has 15 nitrogen and oxygen atoms in total. The lowest BCUT2D eigenvalue weighted by Crippen LogP contribution is -2.45. The normalized spacial score (nSPS) is 13.9. The number of aromatic nitrogens is 2. The summed E-state index contributed by atoms with van der Waals surface area (Å²) in [7, 11) is 3.80. The van der Waals surface area contributed by atoms with Crippen LogP contribution in [-0.4, -0.2) is 103 Å². The highest BCUT2D eigenvalue weighted by Crippen LogP contribution is 2.40. The molecule has 1 aliphatic rings. The average molecular weight is 824 g/mol. The lowest BCUT2D eigenvalue weighted by Gasteiger charge is -2.32. The van der Waals surface area contributed by atoms with E-state index in [0.29, 0.717) is 52.1 Å². The number of benzene rings is 4. The molecule has 1 aromatic heterocycles. The Bertz CT molecular complexity index is 2310. The fourth-order valence-electron chi connectivity index (χ4n) is 6.68. The molecule has 0 aliphatic carbocycles. The Kier molecular flexibility index (Phi) is 13.9. The first-order chi connectivity index (χ1) is 28.3. The molecule has 1 saturated heterocycles. The van der Waals surface area contributed by atoms with Crippen molar-refractivity contribution in [1.29, 1.82) is 0 Å². The predicted molar refractivity (Wildman–Crippen MR) is 235 cm³/mol. The van der Waals surface area contributed by atoms with Gasteiger partial charge in [0, 0.05) is 73.8 Å². The molecule has 312 valence electrons. The molecule has 5 aromatic rings. The van der Waals surface area contributed by atoms with Gasteiger partial charge in [-0.1, -0.05) is 45.0 Å². The highest BCUT2D eigenvalue weighted by molar-refractivity contribution is 7.85. The molecule has 2 heterocycles. The van der Waals surface area contributed by atoms with Crippen LogP contribution in [0, 0.1) is 0 Å². The molecule has 1 fully saturated rings. The Morgan fingerprint density at radius 3 is 2.29 bits per heavy atom. The van der Waals surface area contributed by atoms with Gasteiger partial charge in [-0.15, -0.1) is 0 Å². The second kappa shape index (κ2) is 19.2. The highest BCUT2D eigenvalue weighted by atomic mass is 32.2. The van der Waals surface area contributed by atoms with Crippen molar-refractivity contribution in [2.24, 2.45) is 0 Å². The van der Waals surface area contributed by atoms with E-state index in [4.69, 9.17) is 14.2 Å². The van der Waals surface area contributed by atoms with Gasteiger partial charge < -0.3 is 50.0 Å². The number of hydrogen-bond acceptors (Lipinski definition) is 11. The highest BCUT2D eigenvalue weighted by Gasteiger charge is 2.22. The van der Waals surface area contributed by atoms with Gasteiger partial charge in [0.1, 0.15) is 22.5 Å². The first kappa shape index (κ1) is 42.6. The van der Waals surface area contributed by atoms with Crippen molar-refractivity contribution in [2.75, 3.05) is 87.5 Å². The van der Waals surface area contributed by atoms with Crippen LogP contribution in [0.4, 0.5) is 33.5 Å². The van der Waals surface area contributed by atoms with Gasteiger partial charge in [-0.3, -0.25) is 4.79 Å². The molecule has 5 N–H and O–H groups in total. The smallest absolute Gasteiger partial charge is 0.323 e. The van der Waals surface area contributed by atoms with E-state index in [1.165, 1.54) is 20.5 Å². The van der Waals surface area contributed by atoms with E-state index in [9.17, 15) is 13.8 Å². The maximum absolute atomic E-state index is 13.5. The van der Waals surface area contributed by atoms with Gasteiger partial charge in [0.05, 0.1) is 36.8 Å². The maximum atomic E-state index is 13.5. The number of likely N-dealkylation sites (N-methyl/N-ethyl adjacent to an activating group) is 1. The molecule has 3 amide bonds. The number of urea groups is 1. The minimum absolute atomic E-state index is 0.197. The molecule has 0 spiro atoms. The summed E-state index contributed by atoms with van der Waals surface area (Å²) in [4.78, 5) is 40.2. The zero-order valence-corrected chi connectivity index (χ0v) is 35.4. The summed E-state index contributed by atoms with van der Waals surface area (Å²) in [5.41, 5.74) is 3.18. The van der Waals surface area contributed by atoms with Crippen molar-refractivity contribution in [3.63, 3.8) is 0 Å². The minimum Gasteiger partial charge on any atom is -0.496 e. The largest absolute Gasteiger partial charge is 0.496 e. The van der Waals surface area contributed by atoms with E-state index in [1.807, 2.05) is 36.4 Å². The van der Waals surface area contributed by atoms with Gasteiger partial charge in [-0.25, -0.2) is 14.0 Å². The summed E-state index contributed by atoms with van der Waals surface area (Å²) < 4.78 is 32.5. The van der Waals surface area contributed by atoms with Crippen LogP contribution in [0.1, 0.15) is 43.1 Å². The lowest BCUT2D eigenvalue weighted by atomic mass is 9.86. The number of amides is 3. The lowest BCUT2D eigenvalue weighted by molar-refractivity contribution is 0.0946. The van der Waals surface area contributed by atoms with Gasteiger partial charge in [0.25, 0.3) is 5.91 Å². The first-order valence-electron chi connectivity index (χ1n) is 19.4. The standard InChI is InChI=1S/C43H53N9O6S/c1-43(2,3)28-25-34(39(57-6)35(26-28)50-59(7)55)48-42(54)47-33-15-16-36(31-12-9-8-11-30(31)33)58-38-17-19-45-41(49-38)46-29-13-14-32(37(27-29)56-5)40(53)44-18-10-20-52-23-21-51(4)22-24-52/h8-9,11-17,19,25-27,50H,10,18,20-24H2,1-7H3,(H,44,53)(H,45,46,49)(H2,47,48,54). The molecule has 6 rings (SSSR count). The Hall–Kier alpha value is -5.97. The van der Waals surface area contributed by atoms with E-state index >= 15 is 0 Å². The van der Waals surface area contributed by atoms with Crippen LogP contribution in [0.3, 0.4) is 0 Å². The predicted octanol–water partition coefficient (Wildman–Crippen LogP) is 7.20. The Morgan fingerprint density at radius 2 is 1.58 bits per heavy atom. The summed E-state index contributed by atoms with van der Waals surface area (Å²) in [6, 6.07) is 21.1. The number of rotatable bonds is 15. The second-order valence-electron chi connectivity index (χ2n) is 15.3. The number of piperazine rings is 1. The molecular formula is C43H53N9O6S. The quantitative estimate of drug-likeness (QED) is 0.0677. The van der Waals surface area contributed by atoms with Crippen molar-refractivity contribution in [2.45, 2.75) is 32.6 Å². The van der Waals surface area contributed by atoms with Crippen LogP contribution >= 0.6 is 0 Å². The third-order valence-electron chi connectivity index (χ3n) is 9.87.